The second-order valence-electron chi connectivity index (χ2n) is 10.1. The summed E-state index contributed by atoms with van der Waals surface area (Å²) in [4.78, 5) is 18.8. The molecule has 1 aromatic heterocycles. The van der Waals surface area contributed by atoms with Crippen LogP contribution < -0.4 is 0 Å². The molecule has 2 saturated heterocycles. The largest absolute Gasteiger partial charge is 0.393 e. The summed E-state index contributed by atoms with van der Waals surface area (Å²) in [7, 11) is 0. The Bertz CT molecular complexity index is 949. The third-order valence-electron chi connectivity index (χ3n) is 8.20. The Morgan fingerprint density at radius 1 is 1.21 bits per heavy atom. The number of halogens is 1. The van der Waals surface area contributed by atoms with Gasteiger partial charge in [-0.05, 0) is 79.9 Å². The first-order valence-electron chi connectivity index (χ1n) is 11.3. The molecule has 4 nitrogen and oxygen atoms in total. The summed E-state index contributed by atoms with van der Waals surface area (Å²) in [6.07, 6.45) is 8.24. The zero-order chi connectivity index (χ0) is 19.9. The summed E-state index contributed by atoms with van der Waals surface area (Å²) in [5.41, 5.74) is 2.91. The molecule has 0 spiro atoms. The highest BCUT2D eigenvalue weighted by molar-refractivity contribution is 5.89. The van der Waals surface area contributed by atoms with Crippen LogP contribution in [0.25, 0.3) is 10.9 Å². The number of carbonyl (C=O) groups is 1. The summed E-state index contributed by atoms with van der Waals surface area (Å²) in [6, 6.07) is 4.01. The van der Waals surface area contributed by atoms with Crippen molar-refractivity contribution in [1.29, 1.82) is 0 Å². The predicted octanol–water partition coefficient (Wildman–Crippen LogP) is 4.44. The van der Waals surface area contributed by atoms with Crippen LogP contribution >= 0.6 is 0 Å². The average molecular weight is 397 g/mol. The summed E-state index contributed by atoms with van der Waals surface area (Å²) >= 11 is 0. The molecular formula is C24H29FN2O2. The number of piperidine rings is 2. The Morgan fingerprint density at radius 3 is 2.48 bits per heavy atom. The number of carbonyl (C=O) groups excluding carboxylic acids is 1. The maximum Gasteiger partial charge on any atom is 0.223 e. The number of hydrogen-bond donors (Lipinski definition) is 2. The van der Waals surface area contributed by atoms with Gasteiger partial charge in [0.05, 0.1) is 6.10 Å². The second-order valence-corrected chi connectivity index (χ2v) is 10.1. The molecule has 4 bridgehead atoms. The Hall–Kier alpha value is -1.88. The summed E-state index contributed by atoms with van der Waals surface area (Å²) < 4.78 is 14.6. The first kappa shape index (κ1) is 17.9. The molecule has 1 unspecified atom stereocenters. The first-order valence-corrected chi connectivity index (χ1v) is 11.3. The lowest BCUT2D eigenvalue weighted by Gasteiger charge is -2.58. The van der Waals surface area contributed by atoms with Gasteiger partial charge in [-0.25, -0.2) is 4.39 Å². The van der Waals surface area contributed by atoms with Gasteiger partial charge in [-0.15, -0.1) is 0 Å². The Balaban J connectivity index is 1.26. The van der Waals surface area contributed by atoms with Gasteiger partial charge in [0.15, 0.2) is 0 Å². The van der Waals surface area contributed by atoms with Gasteiger partial charge in [0.25, 0.3) is 0 Å². The monoisotopic (exact) mass is 396 g/mol. The van der Waals surface area contributed by atoms with Crippen LogP contribution in [0.5, 0.6) is 0 Å². The number of aliphatic hydroxyl groups excluding tert-OH is 1. The number of rotatable bonds is 4. The normalized spacial score (nSPS) is 34.2. The Kier molecular flexibility index (Phi) is 3.90. The minimum Gasteiger partial charge on any atom is -0.393 e. The number of H-pyrrole nitrogens is 1. The number of hydrogen-bond acceptors (Lipinski definition) is 2. The van der Waals surface area contributed by atoms with Crippen molar-refractivity contribution in [2.75, 3.05) is 0 Å². The number of aliphatic hydroxyl groups is 1. The van der Waals surface area contributed by atoms with E-state index in [-0.39, 0.29) is 23.7 Å². The predicted molar refractivity (Wildman–Crippen MR) is 109 cm³/mol. The fourth-order valence-electron chi connectivity index (χ4n) is 6.78. The number of benzene rings is 1. The lowest BCUT2D eigenvalue weighted by atomic mass is 9.62. The molecule has 1 aromatic carbocycles. The van der Waals surface area contributed by atoms with Gasteiger partial charge in [-0.1, -0.05) is 6.92 Å². The van der Waals surface area contributed by atoms with Crippen LogP contribution in [0, 0.1) is 17.7 Å². The maximum absolute atomic E-state index is 14.6. The summed E-state index contributed by atoms with van der Waals surface area (Å²) in [5, 5.41) is 11.4. The van der Waals surface area contributed by atoms with E-state index in [1.165, 1.54) is 0 Å². The van der Waals surface area contributed by atoms with Gasteiger partial charge in [-0.3, -0.25) is 4.79 Å². The van der Waals surface area contributed by atoms with Crippen LogP contribution in [0.15, 0.2) is 18.3 Å². The molecule has 1 amide bonds. The van der Waals surface area contributed by atoms with Gasteiger partial charge in [0.2, 0.25) is 5.91 Å². The standard InChI is InChI=1S/C24H29FN2O2/c1-12(18-11-26-20-5-4-19(25)22(23(18)20)13-2-3-13)6-21(28)27-16-7-14-8-17(27)10-15(9-16)24(14)29/h4-5,11-17,24,26,29H,2-3,6-10H2,1H3. The molecule has 2 aromatic rings. The van der Waals surface area contributed by atoms with Crippen molar-refractivity contribution in [1.82, 2.24) is 9.88 Å². The number of amides is 1. The van der Waals surface area contributed by atoms with Gasteiger partial charge in [0, 0.05) is 41.2 Å². The quantitative estimate of drug-likeness (QED) is 0.803. The molecule has 2 aliphatic heterocycles. The highest BCUT2D eigenvalue weighted by Gasteiger charge is 2.52. The molecule has 1 atom stereocenters. The molecule has 3 saturated carbocycles. The fraction of sp³-hybridized carbons (Fsp3) is 0.625. The lowest BCUT2D eigenvalue weighted by molar-refractivity contribution is -0.163. The Labute approximate surface area is 170 Å². The molecule has 5 aliphatic rings. The number of nitrogens with zero attached hydrogens (tertiary/aromatic N) is 1. The zero-order valence-electron chi connectivity index (χ0n) is 16.9. The van der Waals surface area contributed by atoms with Crippen molar-refractivity contribution < 1.29 is 14.3 Å². The van der Waals surface area contributed by atoms with Crippen LogP contribution in [0.4, 0.5) is 4.39 Å². The van der Waals surface area contributed by atoms with Crippen molar-refractivity contribution in [3.63, 3.8) is 0 Å². The minimum absolute atomic E-state index is 0.0540. The van der Waals surface area contributed by atoms with Crippen LogP contribution in [-0.2, 0) is 4.79 Å². The third-order valence-corrected chi connectivity index (χ3v) is 8.20. The molecule has 2 N–H and O–H groups in total. The van der Waals surface area contributed by atoms with Gasteiger partial charge >= 0.3 is 0 Å². The van der Waals surface area contributed by atoms with Crippen molar-refractivity contribution in [2.24, 2.45) is 11.8 Å². The molecule has 3 aliphatic carbocycles. The highest BCUT2D eigenvalue weighted by Crippen LogP contribution is 2.50. The highest BCUT2D eigenvalue weighted by atomic mass is 19.1. The summed E-state index contributed by atoms with van der Waals surface area (Å²) in [6.45, 7) is 2.10. The van der Waals surface area contributed by atoms with Crippen LogP contribution in [0.3, 0.4) is 0 Å². The van der Waals surface area contributed by atoms with E-state index in [1.807, 2.05) is 12.3 Å². The number of nitrogens with one attached hydrogen (secondary N) is 1. The van der Waals surface area contributed by atoms with Crippen molar-refractivity contribution in [2.45, 2.75) is 81.9 Å². The van der Waals surface area contributed by atoms with E-state index in [9.17, 15) is 14.3 Å². The van der Waals surface area contributed by atoms with E-state index in [0.717, 1.165) is 60.6 Å². The lowest BCUT2D eigenvalue weighted by Crippen LogP contribution is -2.64. The number of aromatic amines is 1. The summed E-state index contributed by atoms with van der Waals surface area (Å²) in [5.74, 6) is 1.28. The maximum atomic E-state index is 14.6. The van der Waals surface area contributed by atoms with Gasteiger partial charge < -0.3 is 15.0 Å². The van der Waals surface area contributed by atoms with E-state index in [2.05, 4.69) is 16.8 Å². The SMILES string of the molecule is CC(CC(=O)N1C2CC3CC1CC(C2)C3O)c1c[nH]c2ccc(F)c(C3CC3)c12. The molecule has 3 heterocycles. The van der Waals surface area contributed by atoms with E-state index in [1.54, 1.807) is 6.07 Å². The van der Waals surface area contributed by atoms with Crippen LogP contribution in [0.2, 0.25) is 0 Å². The Morgan fingerprint density at radius 2 is 1.86 bits per heavy atom. The van der Waals surface area contributed by atoms with Crippen molar-refractivity contribution >= 4 is 16.8 Å². The van der Waals surface area contributed by atoms with E-state index in [0.29, 0.717) is 36.3 Å². The van der Waals surface area contributed by atoms with E-state index in [4.69, 9.17) is 0 Å². The van der Waals surface area contributed by atoms with Crippen molar-refractivity contribution in [3.8, 4) is 0 Å². The van der Waals surface area contributed by atoms with E-state index < -0.39 is 0 Å². The van der Waals surface area contributed by atoms with Crippen molar-refractivity contribution in [3.05, 3.63) is 35.3 Å². The first-order chi connectivity index (χ1) is 14.0. The molecule has 0 radical (unpaired) electrons. The average Bonchev–Trinajstić information content (AvgIpc) is 3.42. The van der Waals surface area contributed by atoms with E-state index >= 15 is 0 Å². The second kappa shape index (κ2) is 6.31. The van der Waals surface area contributed by atoms with Gasteiger partial charge in [-0.2, -0.15) is 0 Å². The molecule has 5 fully saturated rings. The third kappa shape index (κ3) is 2.69. The van der Waals surface area contributed by atoms with Crippen LogP contribution in [0.1, 0.15) is 74.8 Å². The van der Waals surface area contributed by atoms with Gasteiger partial charge in [0.1, 0.15) is 5.82 Å². The molecule has 5 heteroatoms. The number of fused-ring (bicyclic) bond motifs is 1. The molecule has 154 valence electrons. The zero-order valence-corrected chi connectivity index (χ0v) is 16.9. The molecule has 29 heavy (non-hydrogen) atoms. The number of aromatic nitrogens is 1. The smallest absolute Gasteiger partial charge is 0.223 e. The van der Waals surface area contributed by atoms with Crippen LogP contribution in [-0.4, -0.2) is 39.1 Å². The minimum atomic E-state index is -0.152. The molecule has 7 rings (SSSR count). The topological polar surface area (TPSA) is 56.3 Å². The molecular weight excluding hydrogens is 367 g/mol. The fourth-order valence-corrected chi connectivity index (χ4v) is 6.78.